The standard InChI is InChI=1S/C16H28N4O/c1-11-13(17-5)19-15(16(2,3)4)20-14(11)18-10-12-8-6-7-9-21-12/h12H,6-10H2,1-5H3,(H2,17,18,19,20). The van der Waals surface area contributed by atoms with Gasteiger partial charge in [0.25, 0.3) is 0 Å². The second kappa shape index (κ2) is 6.60. The number of hydrogen-bond donors (Lipinski definition) is 2. The van der Waals surface area contributed by atoms with Crippen LogP contribution in [-0.4, -0.2) is 36.3 Å². The number of ether oxygens (including phenoxy) is 1. The van der Waals surface area contributed by atoms with E-state index in [9.17, 15) is 0 Å². The van der Waals surface area contributed by atoms with E-state index in [1.54, 1.807) is 0 Å². The van der Waals surface area contributed by atoms with E-state index in [2.05, 4.69) is 36.4 Å². The van der Waals surface area contributed by atoms with Crippen molar-refractivity contribution in [1.82, 2.24) is 9.97 Å². The lowest BCUT2D eigenvalue weighted by atomic mass is 9.95. The van der Waals surface area contributed by atoms with E-state index >= 15 is 0 Å². The molecule has 2 rings (SSSR count). The van der Waals surface area contributed by atoms with Gasteiger partial charge in [-0.1, -0.05) is 20.8 Å². The zero-order valence-corrected chi connectivity index (χ0v) is 13.9. The Morgan fingerprint density at radius 3 is 2.48 bits per heavy atom. The third kappa shape index (κ3) is 4.06. The lowest BCUT2D eigenvalue weighted by molar-refractivity contribution is 0.0247. The van der Waals surface area contributed by atoms with Gasteiger partial charge >= 0.3 is 0 Å². The summed E-state index contributed by atoms with van der Waals surface area (Å²) in [6, 6.07) is 0. The summed E-state index contributed by atoms with van der Waals surface area (Å²) in [5, 5.41) is 6.62. The second-order valence-corrected chi connectivity index (χ2v) is 6.74. The number of aromatic nitrogens is 2. The molecule has 2 N–H and O–H groups in total. The molecular formula is C16H28N4O. The van der Waals surface area contributed by atoms with Crippen molar-refractivity contribution in [2.75, 3.05) is 30.8 Å². The summed E-state index contributed by atoms with van der Waals surface area (Å²) in [4.78, 5) is 9.34. The van der Waals surface area contributed by atoms with Gasteiger partial charge in [-0.05, 0) is 26.2 Å². The molecular weight excluding hydrogens is 264 g/mol. The third-order valence-electron chi connectivity index (χ3n) is 3.82. The van der Waals surface area contributed by atoms with Crippen LogP contribution in [0.15, 0.2) is 0 Å². The van der Waals surface area contributed by atoms with Crippen molar-refractivity contribution in [3.8, 4) is 0 Å². The Morgan fingerprint density at radius 1 is 1.19 bits per heavy atom. The van der Waals surface area contributed by atoms with Gasteiger partial charge in [0.2, 0.25) is 0 Å². The van der Waals surface area contributed by atoms with Gasteiger partial charge in [0, 0.05) is 31.2 Å². The molecule has 1 aromatic rings. The van der Waals surface area contributed by atoms with Gasteiger partial charge < -0.3 is 15.4 Å². The highest BCUT2D eigenvalue weighted by Crippen LogP contribution is 2.26. The van der Waals surface area contributed by atoms with Crippen LogP contribution >= 0.6 is 0 Å². The van der Waals surface area contributed by atoms with Crippen molar-refractivity contribution in [2.24, 2.45) is 0 Å². The molecule has 0 spiro atoms. The monoisotopic (exact) mass is 292 g/mol. The van der Waals surface area contributed by atoms with Gasteiger partial charge in [-0.2, -0.15) is 0 Å². The Bertz CT molecular complexity index is 476. The van der Waals surface area contributed by atoms with Gasteiger partial charge in [0.15, 0.2) is 0 Å². The third-order valence-corrected chi connectivity index (χ3v) is 3.82. The molecule has 0 radical (unpaired) electrons. The molecule has 118 valence electrons. The van der Waals surface area contributed by atoms with Crippen LogP contribution in [0.1, 0.15) is 51.4 Å². The van der Waals surface area contributed by atoms with Crippen LogP contribution in [0.4, 0.5) is 11.6 Å². The van der Waals surface area contributed by atoms with E-state index in [0.29, 0.717) is 6.10 Å². The van der Waals surface area contributed by atoms with E-state index in [4.69, 9.17) is 9.72 Å². The maximum Gasteiger partial charge on any atom is 0.138 e. The number of nitrogens with one attached hydrogen (secondary N) is 2. The van der Waals surface area contributed by atoms with Crippen LogP contribution in [-0.2, 0) is 10.2 Å². The first-order valence-electron chi connectivity index (χ1n) is 7.84. The first-order valence-corrected chi connectivity index (χ1v) is 7.84. The minimum absolute atomic E-state index is 0.0724. The molecule has 0 bridgehead atoms. The normalized spacial score (nSPS) is 19.4. The lowest BCUT2D eigenvalue weighted by Crippen LogP contribution is -2.28. The van der Waals surface area contributed by atoms with Crippen molar-refractivity contribution in [2.45, 2.75) is 58.5 Å². The quantitative estimate of drug-likeness (QED) is 0.893. The van der Waals surface area contributed by atoms with Crippen LogP contribution in [0.5, 0.6) is 0 Å². The Hall–Kier alpha value is -1.36. The molecule has 2 heterocycles. The summed E-state index contributed by atoms with van der Waals surface area (Å²) >= 11 is 0. The van der Waals surface area contributed by atoms with E-state index in [1.165, 1.54) is 12.8 Å². The molecule has 1 aliphatic rings. The van der Waals surface area contributed by atoms with E-state index in [1.807, 2.05) is 14.0 Å². The molecule has 0 amide bonds. The minimum Gasteiger partial charge on any atom is -0.376 e. The van der Waals surface area contributed by atoms with E-state index in [0.717, 1.165) is 42.6 Å². The van der Waals surface area contributed by atoms with Gasteiger partial charge in [0.05, 0.1) is 6.10 Å². The Balaban J connectivity index is 2.16. The summed E-state index contributed by atoms with van der Waals surface area (Å²) in [6.45, 7) is 10.1. The van der Waals surface area contributed by atoms with Crippen LogP contribution in [0.2, 0.25) is 0 Å². The van der Waals surface area contributed by atoms with Crippen molar-refractivity contribution in [3.05, 3.63) is 11.4 Å². The van der Waals surface area contributed by atoms with Gasteiger partial charge in [-0.3, -0.25) is 0 Å². The highest BCUT2D eigenvalue weighted by atomic mass is 16.5. The van der Waals surface area contributed by atoms with E-state index < -0.39 is 0 Å². The largest absolute Gasteiger partial charge is 0.376 e. The van der Waals surface area contributed by atoms with Gasteiger partial charge in [-0.25, -0.2) is 9.97 Å². The summed E-state index contributed by atoms with van der Waals surface area (Å²) in [6.07, 6.45) is 3.86. The molecule has 0 saturated carbocycles. The number of anilines is 2. The van der Waals surface area contributed by atoms with E-state index in [-0.39, 0.29) is 5.41 Å². The molecule has 1 saturated heterocycles. The Kier molecular flexibility index (Phi) is 5.04. The average Bonchev–Trinajstić information content (AvgIpc) is 2.46. The molecule has 1 atom stereocenters. The summed E-state index contributed by atoms with van der Waals surface area (Å²) in [5.74, 6) is 2.65. The zero-order chi connectivity index (χ0) is 15.5. The van der Waals surface area contributed by atoms with Crippen LogP contribution in [0.3, 0.4) is 0 Å². The first kappa shape index (κ1) is 16.0. The number of rotatable bonds is 4. The van der Waals surface area contributed by atoms with Crippen LogP contribution in [0, 0.1) is 6.92 Å². The van der Waals surface area contributed by atoms with Crippen molar-refractivity contribution >= 4 is 11.6 Å². The predicted octanol–water partition coefficient (Wildman–Crippen LogP) is 3.11. The van der Waals surface area contributed by atoms with Crippen molar-refractivity contribution in [3.63, 3.8) is 0 Å². The molecule has 5 heteroatoms. The SMILES string of the molecule is CNc1nc(C(C)(C)C)nc(NCC2CCCCO2)c1C. The van der Waals surface area contributed by atoms with Crippen LogP contribution in [0.25, 0.3) is 0 Å². The Morgan fingerprint density at radius 2 is 1.90 bits per heavy atom. The molecule has 0 aromatic carbocycles. The molecule has 1 aliphatic heterocycles. The zero-order valence-electron chi connectivity index (χ0n) is 13.9. The molecule has 21 heavy (non-hydrogen) atoms. The average molecular weight is 292 g/mol. The molecule has 1 unspecified atom stereocenters. The smallest absolute Gasteiger partial charge is 0.138 e. The number of hydrogen-bond acceptors (Lipinski definition) is 5. The maximum absolute atomic E-state index is 5.77. The lowest BCUT2D eigenvalue weighted by Gasteiger charge is -2.25. The predicted molar refractivity (Wildman–Crippen MR) is 87.1 cm³/mol. The van der Waals surface area contributed by atoms with Crippen LogP contribution < -0.4 is 10.6 Å². The number of nitrogens with zero attached hydrogens (tertiary/aromatic N) is 2. The first-order chi connectivity index (χ1) is 9.91. The fourth-order valence-electron chi connectivity index (χ4n) is 2.45. The van der Waals surface area contributed by atoms with Crippen molar-refractivity contribution < 1.29 is 4.74 Å². The fraction of sp³-hybridized carbons (Fsp3) is 0.750. The Labute approximate surface area is 127 Å². The molecule has 1 aromatic heterocycles. The topological polar surface area (TPSA) is 59.1 Å². The molecule has 0 aliphatic carbocycles. The highest BCUT2D eigenvalue weighted by Gasteiger charge is 2.21. The summed E-state index contributed by atoms with van der Waals surface area (Å²) in [5.41, 5.74) is 0.984. The van der Waals surface area contributed by atoms with Gasteiger partial charge in [-0.15, -0.1) is 0 Å². The maximum atomic E-state index is 5.77. The van der Waals surface area contributed by atoms with Crippen molar-refractivity contribution in [1.29, 1.82) is 0 Å². The second-order valence-electron chi connectivity index (χ2n) is 6.74. The summed E-state index contributed by atoms with van der Waals surface area (Å²) in [7, 11) is 1.90. The minimum atomic E-state index is -0.0724. The molecule has 1 fully saturated rings. The van der Waals surface area contributed by atoms with Gasteiger partial charge in [0.1, 0.15) is 17.5 Å². The highest BCUT2D eigenvalue weighted by molar-refractivity contribution is 5.57. The fourth-order valence-corrected chi connectivity index (χ4v) is 2.45. The molecule has 5 nitrogen and oxygen atoms in total. The summed E-state index contributed by atoms with van der Waals surface area (Å²) < 4.78 is 5.77.